The van der Waals surface area contributed by atoms with E-state index in [0.29, 0.717) is 10.8 Å². The molecule has 21 heavy (non-hydrogen) atoms. The third-order valence-electron chi connectivity index (χ3n) is 3.17. The average molecular weight is 304 g/mol. The van der Waals surface area contributed by atoms with Crippen LogP contribution in [0.1, 0.15) is 16.7 Å². The number of anilines is 1. The Kier molecular flexibility index (Phi) is 4.86. The number of aryl methyl sites for hydroxylation is 3. The molecule has 0 spiro atoms. The van der Waals surface area contributed by atoms with Crippen LogP contribution >= 0.6 is 11.6 Å². The van der Waals surface area contributed by atoms with E-state index < -0.39 is 0 Å². The van der Waals surface area contributed by atoms with Gasteiger partial charge in [-0.05, 0) is 61.7 Å². The zero-order valence-electron chi connectivity index (χ0n) is 12.4. The van der Waals surface area contributed by atoms with Crippen LogP contribution in [0.5, 0.6) is 5.75 Å². The van der Waals surface area contributed by atoms with Crippen molar-refractivity contribution in [1.82, 2.24) is 0 Å². The van der Waals surface area contributed by atoms with Crippen LogP contribution in [0.25, 0.3) is 0 Å². The van der Waals surface area contributed by atoms with Crippen LogP contribution in [0, 0.1) is 20.8 Å². The van der Waals surface area contributed by atoms with Crippen LogP contribution in [0.15, 0.2) is 36.4 Å². The van der Waals surface area contributed by atoms with E-state index in [1.54, 1.807) is 12.1 Å². The summed E-state index contributed by atoms with van der Waals surface area (Å²) in [5.74, 6) is 0.448. The quantitative estimate of drug-likeness (QED) is 0.915. The fraction of sp³-hybridized carbons (Fsp3) is 0.235. The molecule has 0 saturated carbocycles. The Balaban J connectivity index is 1.95. The number of rotatable bonds is 4. The number of carbonyl (C=O) groups is 1. The smallest absolute Gasteiger partial charge is 0.262 e. The van der Waals surface area contributed by atoms with Gasteiger partial charge in [-0.15, -0.1) is 0 Å². The van der Waals surface area contributed by atoms with Crippen LogP contribution in [0.2, 0.25) is 5.02 Å². The minimum atomic E-state index is -0.184. The van der Waals surface area contributed by atoms with Crippen molar-refractivity contribution in [2.75, 3.05) is 11.9 Å². The zero-order valence-corrected chi connectivity index (χ0v) is 13.1. The van der Waals surface area contributed by atoms with Gasteiger partial charge in [-0.1, -0.05) is 23.7 Å². The minimum absolute atomic E-state index is 0.0333. The van der Waals surface area contributed by atoms with Gasteiger partial charge in [-0.2, -0.15) is 0 Å². The molecule has 0 bridgehead atoms. The van der Waals surface area contributed by atoms with Crippen LogP contribution in [0.4, 0.5) is 5.69 Å². The second kappa shape index (κ2) is 6.64. The van der Waals surface area contributed by atoms with Crippen molar-refractivity contribution >= 4 is 23.2 Å². The molecule has 0 atom stereocenters. The number of hydrogen-bond acceptors (Lipinski definition) is 2. The van der Waals surface area contributed by atoms with E-state index in [9.17, 15) is 4.79 Å². The lowest BCUT2D eigenvalue weighted by molar-refractivity contribution is -0.118. The molecule has 0 unspecified atom stereocenters. The van der Waals surface area contributed by atoms with E-state index in [0.717, 1.165) is 22.4 Å². The number of halogens is 1. The maximum Gasteiger partial charge on any atom is 0.262 e. The summed E-state index contributed by atoms with van der Waals surface area (Å²) in [6.45, 7) is 5.81. The number of benzene rings is 2. The highest BCUT2D eigenvalue weighted by atomic mass is 35.5. The Labute approximate surface area is 129 Å². The van der Waals surface area contributed by atoms with E-state index in [2.05, 4.69) is 5.32 Å². The number of hydrogen-bond donors (Lipinski definition) is 1. The van der Waals surface area contributed by atoms with E-state index in [1.807, 2.05) is 45.0 Å². The maximum atomic E-state index is 11.9. The highest BCUT2D eigenvalue weighted by Gasteiger charge is 2.07. The highest BCUT2D eigenvalue weighted by molar-refractivity contribution is 6.31. The van der Waals surface area contributed by atoms with Crippen molar-refractivity contribution in [3.63, 3.8) is 0 Å². The predicted octanol–water partition coefficient (Wildman–Crippen LogP) is 4.28. The monoisotopic (exact) mass is 303 g/mol. The summed E-state index contributed by atoms with van der Waals surface area (Å²) in [6, 6.07) is 11.3. The summed E-state index contributed by atoms with van der Waals surface area (Å²) < 4.78 is 5.48. The third-order valence-corrected chi connectivity index (χ3v) is 3.59. The molecule has 1 N–H and O–H groups in total. The molecule has 0 heterocycles. The van der Waals surface area contributed by atoms with Crippen molar-refractivity contribution in [3.8, 4) is 5.75 Å². The summed E-state index contributed by atoms with van der Waals surface area (Å²) in [7, 11) is 0. The van der Waals surface area contributed by atoms with Gasteiger partial charge in [-0.3, -0.25) is 4.79 Å². The Morgan fingerprint density at radius 3 is 2.57 bits per heavy atom. The Hall–Kier alpha value is -2.00. The van der Waals surface area contributed by atoms with Crippen molar-refractivity contribution in [1.29, 1.82) is 0 Å². The summed E-state index contributed by atoms with van der Waals surface area (Å²) >= 11 is 5.95. The molecule has 2 rings (SSSR count). The van der Waals surface area contributed by atoms with Gasteiger partial charge in [0.15, 0.2) is 6.61 Å². The lowest BCUT2D eigenvalue weighted by Crippen LogP contribution is -2.20. The van der Waals surface area contributed by atoms with E-state index in [1.165, 1.54) is 0 Å². The van der Waals surface area contributed by atoms with Crippen LogP contribution in [-0.2, 0) is 4.79 Å². The molecular formula is C17H18ClNO2. The second-order valence-electron chi connectivity index (χ2n) is 5.07. The number of nitrogens with one attached hydrogen (secondary N) is 1. The summed E-state index contributed by atoms with van der Waals surface area (Å²) in [4.78, 5) is 11.9. The minimum Gasteiger partial charge on any atom is -0.484 e. The molecule has 2 aromatic rings. The Morgan fingerprint density at radius 2 is 1.86 bits per heavy atom. The van der Waals surface area contributed by atoms with Gasteiger partial charge in [0.2, 0.25) is 0 Å². The SMILES string of the molecule is Cc1ccc(C)c(NC(=O)COc2ccc(Cl)c(C)c2)c1. The highest BCUT2D eigenvalue weighted by Crippen LogP contribution is 2.21. The lowest BCUT2D eigenvalue weighted by Gasteiger charge is -2.11. The van der Waals surface area contributed by atoms with Gasteiger partial charge in [0.25, 0.3) is 5.91 Å². The molecule has 0 fully saturated rings. The Bertz CT molecular complexity index is 668. The second-order valence-corrected chi connectivity index (χ2v) is 5.47. The molecule has 0 aliphatic rings. The molecule has 0 radical (unpaired) electrons. The summed E-state index contributed by atoms with van der Waals surface area (Å²) in [5.41, 5.74) is 3.86. The first-order valence-electron chi connectivity index (χ1n) is 6.72. The molecule has 4 heteroatoms. The van der Waals surface area contributed by atoms with Crippen LogP contribution in [-0.4, -0.2) is 12.5 Å². The van der Waals surface area contributed by atoms with Gasteiger partial charge in [0.1, 0.15) is 5.75 Å². The molecule has 2 aromatic carbocycles. The van der Waals surface area contributed by atoms with Crippen LogP contribution in [0.3, 0.4) is 0 Å². The van der Waals surface area contributed by atoms with Crippen molar-refractivity contribution in [2.45, 2.75) is 20.8 Å². The maximum absolute atomic E-state index is 11.9. The summed E-state index contributed by atoms with van der Waals surface area (Å²) in [5, 5.41) is 3.54. The molecule has 0 aromatic heterocycles. The summed E-state index contributed by atoms with van der Waals surface area (Å²) in [6.07, 6.45) is 0. The number of ether oxygens (including phenoxy) is 1. The fourth-order valence-corrected chi connectivity index (χ4v) is 2.03. The third kappa shape index (κ3) is 4.23. The first-order chi connectivity index (χ1) is 9.95. The largest absolute Gasteiger partial charge is 0.484 e. The number of carbonyl (C=O) groups excluding carboxylic acids is 1. The zero-order chi connectivity index (χ0) is 15.4. The Morgan fingerprint density at radius 1 is 1.10 bits per heavy atom. The molecule has 0 aliphatic heterocycles. The normalized spacial score (nSPS) is 10.3. The topological polar surface area (TPSA) is 38.3 Å². The first kappa shape index (κ1) is 15.4. The van der Waals surface area contributed by atoms with Gasteiger partial charge in [-0.25, -0.2) is 0 Å². The van der Waals surface area contributed by atoms with Gasteiger partial charge in [0, 0.05) is 10.7 Å². The van der Waals surface area contributed by atoms with Gasteiger partial charge >= 0.3 is 0 Å². The van der Waals surface area contributed by atoms with Gasteiger partial charge in [0.05, 0.1) is 0 Å². The van der Waals surface area contributed by atoms with Crippen LogP contribution < -0.4 is 10.1 Å². The predicted molar refractivity (Wildman–Crippen MR) is 86.2 cm³/mol. The fourth-order valence-electron chi connectivity index (χ4n) is 1.91. The molecule has 1 amide bonds. The first-order valence-corrected chi connectivity index (χ1v) is 7.09. The standard InChI is InChI=1S/C17H18ClNO2/c1-11-4-5-12(2)16(8-11)19-17(20)10-21-14-6-7-15(18)13(3)9-14/h4-9H,10H2,1-3H3,(H,19,20). The van der Waals surface area contributed by atoms with E-state index in [4.69, 9.17) is 16.3 Å². The molecule has 0 aliphatic carbocycles. The van der Waals surface area contributed by atoms with Crippen molar-refractivity contribution < 1.29 is 9.53 Å². The average Bonchev–Trinajstić information content (AvgIpc) is 2.44. The lowest BCUT2D eigenvalue weighted by atomic mass is 10.1. The number of amides is 1. The van der Waals surface area contributed by atoms with E-state index in [-0.39, 0.29) is 12.5 Å². The van der Waals surface area contributed by atoms with Gasteiger partial charge < -0.3 is 10.1 Å². The molecular weight excluding hydrogens is 286 g/mol. The molecule has 3 nitrogen and oxygen atoms in total. The van der Waals surface area contributed by atoms with Crippen molar-refractivity contribution in [3.05, 3.63) is 58.1 Å². The van der Waals surface area contributed by atoms with E-state index >= 15 is 0 Å². The molecule has 110 valence electrons. The molecule has 0 saturated heterocycles. The van der Waals surface area contributed by atoms with Crippen molar-refractivity contribution in [2.24, 2.45) is 0 Å².